The van der Waals surface area contributed by atoms with Gasteiger partial charge in [0.15, 0.2) is 0 Å². The number of carbonyl (C=O) groups excluding carboxylic acids is 1. The van der Waals surface area contributed by atoms with Gasteiger partial charge in [0.05, 0.1) is 19.2 Å². The zero-order chi connectivity index (χ0) is 17.4. The topological polar surface area (TPSA) is 64.9 Å². The number of benzene rings is 2. The molecule has 126 valence electrons. The van der Waals surface area contributed by atoms with Crippen molar-refractivity contribution in [3.8, 4) is 0 Å². The highest BCUT2D eigenvalue weighted by Crippen LogP contribution is 2.12. The van der Waals surface area contributed by atoms with Crippen LogP contribution in [-0.2, 0) is 11.2 Å². The molecule has 0 aliphatic rings. The fourth-order valence-corrected chi connectivity index (χ4v) is 2.10. The first-order valence-corrected chi connectivity index (χ1v) is 7.57. The van der Waals surface area contributed by atoms with Crippen LogP contribution in [0.5, 0.6) is 0 Å². The molecule has 6 heteroatoms. The molecule has 0 aliphatic heterocycles. The van der Waals surface area contributed by atoms with E-state index in [2.05, 4.69) is 10.5 Å². The molecule has 0 aromatic heterocycles. The van der Waals surface area contributed by atoms with E-state index < -0.39 is 0 Å². The summed E-state index contributed by atoms with van der Waals surface area (Å²) in [4.78, 5) is 13.7. The molecule has 0 fully saturated rings. The highest BCUT2D eigenvalue weighted by atomic mass is 19.1. The van der Waals surface area contributed by atoms with Crippen molar-refractivity contribution in [3.63, 3.8) is 0 Å². The number of aliphatic hydroxyl groups is 1. The Balaban J connectivity index is 1.84. The number of nitrogens with zero attached hydrogens (tertiary/aromatic N) is 2. The quantitative estimate of drug-likeness (QED) is 0.603. The molecule has 2 aromatic carbocycles. The molecule has 0 heterocycles. The largest absolute Gasteiger partial charge is 0.395 e. The van der Waals surface area contributed by atoms with Crippen molar-refractivity contribution >= 4 is 17.8 Å². The number of nitrogens with one attached hydrogen (secondary N) is 1. The lowest BCUT2D eigenvalue weighted by Crippen LogP contribution is -2.21. The van der Waals surface area contributed by atoms with Gasteiger partial charge in [0.1, 0.15) is 5.82 Å². The number of hydrogen-bond donors (Lipinski definition) is 2. The number of likely N-dealkylation sites (N-methyl/N-ethyl adjacent to an activating group) is 1. The van der Waals surface area contributed by atoms with Crippen molar-refractivity contribution < 1.29 is 14.3 Å². The van der Waals surface area contributed by atoms with Crippen LogP contribution in [0.4, 0.5) is 10.1 Å². The first-order chi connectivity index (χ1) is 11.6. The molecule has 0 aliphatic carbocycles. The number of hydrazone groups is 1. The molecule has 24 heavy (non-hydrogen) atoms. The molecule has 0 saturated heterocycles. The fraction of sp³-hybridized carbons (Fsp3) is 0.222. The third-order valence-corrected chi connectivity index (χ3v) is 3.45. The van der Waals surface area contributed by atoms with Gasteiger partial charge in [-0.2, -0.15) is 5.10 Å². The molecular weight excluding hydrogens is 309 g/mol. The third-order valence-electron chi connectivity index (χ3n) is 3.45. The van der Waals surface area contributed by atoms with E-state index in [1.54, 1.807) is 18.3 Å². The van der Waals surface area contributed by atoms with Crippen molar-refractivity contribution in [1.29, 1.82) is 0 Å². The lowest BCUT2D eigenvalue weighted by molar-refractivity contribution is -0.120. The Labute approximate surface area is 140 Å². The molecule has 2 rings (SSSR count). The molecule has 0 bridgehead atoms. The van der Waals surface area contributed by atoms with Gasteiger partial charge >= 0.3 is 0 Å². The number of amides is 1. The predicted molar refractivity (Wildman–Crippen MR) is 92.6 cm³/mol. The molecule has 0 atom stereocenters. The Bertz CT molecular complexity index is 684. The lowest BCUT2D eigenvalue weighted by Gasteiger charge is -2.17. The van der Waals surface area contributed by atoms with E-state index >= 15 is 0 Å². The molecule has 0 spiro atoms. The van der Waals surface area contributed by atoms with Crippen LogP contribution in [0.3, 0.4) is 0 Å². The van der Waals surface area contributed by atoms with Gasteiger partial charge in [-0.15, -0.1) is 0 Å². The van der Waals surface area contributed by atoms with Crippen molar-refractivity contribution in [2.24, 2.45) is 5.10 Å². The number of anilines is 1. The third kappa shape index (κ3) is 5.48. The summed E-state index contributed by atoms with van der Waals surface area (Å²) in [5.74, 6) is -0.595. The molecule has 1 amide bonds. The number of rotatable bonds is 7. The second-order valence-corrected chi connectivity index (χ2v) is 5.33. The molecule has 5 nitrogen and oxygen atoms in total. The Morgan fingerprint density at radius 2 is 1.88 bits per heavy atom. The van der Waals surface area contributed by atoms with Crippen LogP contribution in [0.15, 0.2) is 53.6 Å². The second kappa shape index (κ2) is 8.79. The smallest absolute Gasteiger partial charge is 0.244 e. The van der Waals surface area contributed by atoms with Gasteiger partial charge in [-0.1, -0.05) is 24.3 Å². The van der Waals surface area contributed by atoms with Gasteiger partial charge in [0, 0.05) is 19.3 Å². The highest BCUT2D eigenvalue weighted by Gasteiger charge is 2.02. The minimum Gasteiger partial charge on any atom is -0.395 e. The zero-order valence-corrected chi connectivity index (χ0v) is 13.4. The average Bonchev–Trinajstić information content (AvgIpc) is 2.58. The van der Waals surface area contributed by atoms with E-state index in [-0.39, 0.29) is 24.8 Å². The van der Waals surface area contributed by atoms with Crippen molar-refractivity contribution in [3.05, 3.63) is 65.5 Å². The van der Waals surface area contributed by atoms with E-state index in [4.69, 9.17) is 5.11 Å². The normalized spacial score (nSPS) is 10.8. The number of halogens is 1. The van der Waals surface area contributed by atoms with Crippen molar-refractivity contribution in [2.75, 3.05) is 25.1 Å². The summed E-state index contributed by atoms with van der Waals surface area (Å²) in [6, 6.07) is 13.4. The molecule has 2 N–H and O–H groups in total. The van der Waals surface area contributed by atoms with E-state index in [1.807, 2.05) is 36.2 Å². The first kappa shape index (κ1) is 17.6. The SMILES string of the molecule is CN(CCO)c1ccc(/C=N\NC(=O)Cc2ccc(F)cc2)cc1. The molecule has 0 unspecified atom stereocenters. The fourth-order valence-electron chi connectivity index (χ4n) is 2.10. The van der Waals surface area contributed by atoms with Crippen LogP contribution in [-0.4, -0.2) is 37.4 Å². The van der Waals surface area contributed by atoms with Crippen molar-refractivity contribution in [1.82, 2.24) is 5.43 Å². The van der Waals surface area contributed by atoms with Crippen LogP contribution in [0.25, 0.3) is 0 Å². The number of hydrogen-bond acceptors (Lipinski definition) is 4. The van der Waals surface area contributed by atoms with Crippen LogP contribution in [0.2, 0.25) is 0 Å². The summed E-state index contributed by atoms with van der Waals surface area (Å²) in [6.45, 7) is 0.659. The molecule has 0 saturated carbocycles. The van der Waals surface area contributed by atoms with Crippen LogP contribution < -0.4 is 10.3 Å². The molecule has 2 aromatic rings. The second-order valence-electron chi connectivity index (χ2n) is 5.33. The van der Waals surface area contributed by atoms with E-state index in [1.165, 1.54) is 12.1 Å². The highest BCUT2D eigenvalue weighted by molar-refractivity contribution is 5.83. The van der Waals surface area contributed by atoms with Gasteiger partial charge < -0.3 is 10.0 Å². The van der Waals surface area contributed by atoms with Gasteiger partial charge in [0.2, 0.25) is 5.91 Å². The summed E-state index contributed by atoms with van der Waals surface area (Å²) < 4.78 is 12.8. The Hall–Kier alpha value is -2.73. The van der Waals surface area contributed by atoms with Gasteiger partial charge in [-0.25, -0.2) is 9.82 Å². The zero-order valence-electron chi connectivity index (χ0n) is 13.4. The summed E-state index contributed by atoms with van der Waals surface area (Å²) in [6.07, 6.45) is 1.70. The maximum atomic E-state index is 12.8. The summed E-state index contributed by atoms with van der Waals surface area (Å²) in [5, 5.41) is 12.8. The maximum absolute atomic E-state index is 12.8. The molecular formula is C18H20FN3O2. The van der Waals surface area contributed by atoms with Crippen molar-refractivity contribution in [2.45, 2.75) is 6.42 Å². The van der Waals surface area contributed by atoms with Crippen LogP contribution in [0.1, 0.15) is 11.1 Å². The van der Waals surface area contributed by atoms with Crippen LogP contribution >= 0.6 is 0 Å². The van der Waals surface area contributed by atoms with E-state index in [9.17, 15) is 9.18 Å². The summed E-state index contributed by atoms with van der Waals surface area (Å²) in [5.41, 5.74) is 5.00. The minimum atomic E-state index is -0.328. The number of aliphatic hydroxyl groups excluding tert-OH is 1. The summed E-state index contributed by atoms with van der Waals surface area (Å²) >= 11 is 0. The predicted octanol–water partition coefficient (Wildman–Crippen LogP) is 1.95. The van der Waals surface area contributed by atoms with Gasteiger partial charge in [-0.05, 0) is 35.4 Å². The maximum Gasteiger partial charge on any atom is 0.244 e. The Morgan fingerprint density at radius 3 is 2.50 bits per heavy atom. The Morgan fingerprint density at radius 1 is 1.21 bits per heavy atom. The average molecular weight is 329 g/mol. The molecule has 0 radical (unpaired) electrons. The number of carbonyl (C=O) groups is 1. The monoisotopic (exact) mass is 329 g/mol. The first-order valence-electron chi connectivity index (χ1n) is 7.57. The minimum absolute atomic E-state index is 0.0970. The summed E-state index contributed by atoms with van der Waals surface area (Å²) in [7, 11) is 1.90. The lowest BCUT2D eigenvalue weighted by atomic mass is 10.1. The van der Waals surface area contributed by atoms with E-state index in [0.717, 1.165) is 16.8 Å². The standard InChI is InChI=1S/C18H20FN3O2/c1-22(10-11-23)17-8-4-15(5-9-17)13-20-21-18(24)12-14-2-6-16(19)7-3-14/h2-9,13,23H,10-12H2,1H3,(H,21,24)/b20-13-. The van der Waals surface area contributed by atoms with E-state index in [0.29, 0.717) is 6.54 Å². The van der Waals surface area contributed by atoms with Gasteiger partial charge in [-0.3, -0.25) is 4.79 Å². The Kier molecular flexibility index (Phi) is 6.45. The van der Waals surface area contributed by atoms with Crippen LogP contribution in [0, 0.1) is 5.82 Å². The van der Waals surface area contributed by atoms with Gasteiger partial charge in [0.25, 0.3) is 0 Å².